The highest BCUT2D eigenvalue weighted by molar-refractivity contribution is 5.85. The van der Waals surface area contributed by atoms with Gasteiger partial charge in [-0.15, -0.1) is 0 Å². The Morgan fingerprint density at radius 2 is 1.77 bits per heavy atom. The monoisotopic (exact) mass is 532 g/mol. The third-order valence-electron chi connectivity index (χ3n) is 7.63. The molecule has 208 valence electrons. The molecule has 0 aliphatic heterocycles. The summed E-state index contributed by atoms with van der Waals surface area (Å²) in [6.45, 7) is 3.30. The minimum Gasteiger partial charge on any atom is -0.464 e. The van der Waals surface area contributed by atoms with E-state index in [4.69, 9.17) is 9.15 Å². The Hall–Kier alpha value is -3.45. The average Bonchev–Trinajstić information content (AvgIpc) is 3.47. The summed E-state index contributed by atoms with van der Waals surface area (Å²) in [7, 11) is 1.63. The molecule has 1 aliphatic rings. The molecular formula is C32H40N2O5. The van der Waals surface area contributed by atoms with Gasteiger partial charge < -0.3 is 19.0 Å². The summed E-state index contributed by atoms with van der Waals surface area (Å²) in [5.74, 6) is 0.414. The maximum absolute atomic E-state index is 13.8. The topological polar surface area (TPSA) is 80.1 Å². The second-order valence-electron chi connectivity index (χ2n) is 10.7. The normalized spacial score (nSPS) is 13.6. The van der Waals surface area contributed by atoms with E-state index in [1.807, 2.05) is 49.4 Å². The lowest BCUT2D eigenvalue weighted by Gasteiger charge is -2.28. The molecular weight excluding hydrogens is 492 g/mol. The molecule has 1 aliphatic carbocycles. The fourth-order valence-electron chi connectivity index (χ4n) is 5.38. The van der Waals surface area contributed by atoms with Crippen LogP contribution in [0.15, 0.2) is 64.0 Å². The van der Waals surface area contributed by atoms with E-state index in [-0.39, 0.29) is 30.3 Å². The Morgan fingerprint density at radius 3 is 2.51 bits per heavy atom. The first-order chi connectivity index (χ1) is 18.9. The van der Waals surface area contributed by atoms with Crippen LogP contribution in [-0.2, 0) is 27.4 Å². The van der Waals surface area contributed by atoms with Crippen LogP contribution in [0.5, 0.6) is 0 Å². The first-order valence-corrected chi connectivity index (χ1v) is 14.0. The largest absolute Gasteiger partial charge is 0.464 e. The summed E-state index contributed by atoms with van der Waals surface area (Å²) in [6, 6.07) is 15.2. The highest BCUT2D eigenvalue weighted by Gasteiger charge is 2.24. The number of rotatable bonds is 13. The van der Waals surface area contributed by atoms with Crippen molar-refractivity contribution >= 4 is 22.8 Å². The first-order valence-electron chi connectivity index (χ1n) is 14.0. The number of carbonyl (C=O) groups excluding carboxylic acids is 2. The van der Waals surface area contributed by atoms with Crippen molar-refractivity contribution in [2.24, 2.45) is 5.92 Å². The predicted octanol–water partition coefficient (Wildman–Crippen LogP) is 5.47. The van der Waals surface area contributed by atoms with E-state index in [9.17, 15) is 14.4 Å². The van der Waals surface area contributed by atoms with Gasteiger partial charge in [-0.05, 0) is 43.4 Å². The molecule has 3 aromatic rings. The molecule has 4 rings (SSSR count). The summed E-state index contributed by atoms with van der Waals surface area (Å²) >= 11 is 0. The van der Waals surface area contributed by atoms with Crippen molar-refractivity contribution in [1.82, 2.24) is 9.80 Å². The lowest BCUT2D eigenvalue weighted by atomic mass is 10.0. The van der Waals surface area contributed by atoms with Crippen molar-refractivity contribution < 1.29 is 18.7 Å². The number of methoxy groups -OCH3 is 1. The van der Waals surface area contributed by atoms with Crippen LogP contribution in [0.3, 0.4) is 0 Å². The van der Waals surface area contributed by atoms with E-state index in [0.717, 1.165) is 17.5 Å². The molecule has 2 amide bonds. The quantitative estimate of drug-likeness (QED) is 0.273. The van der Waals surface area contributed by atoms with Crippen molar-refractivity contribution in [3.63, 3.8) is 0 Å². The lowest BCUT2D eigenvalue weighted by molar-refractivity contribution is -0.141. The second-order valence-corrected chi connectivity index (χ2v) is 10.7. The van der Waals surface area contributed by atoms with Crippen LogP contribution in [0.1, 0.15) is 61.6 Å². The summed E-state index contributed by atoms with van der Waals surface area (Å²) in [5, 5.41) is 0.503. The lowest BCUT2D eigenvalue weighted by Crippen LogP contribution is -2.43. The number of fused-ring (bicyclic) bond motifs is 1. The van der Waals surface area contributed by atoms with Gasteiger partial charge in [0.25, 0.3) is 0 Å². The minimum absolute atomic E-state index is 0.00621. The zero-order chi connectivity index (χ0) is 27.6. The third-order valence-corrected chi connectivity index (χ3v) is 7.63. The fraction of sp³-hybridized carbons (Fsp3) is 0.469. The SMILES string of the molecule is COCCCN(CC(=O)N(Cc1ccccc1)Cc1coc2ccc(C)cc2c1=O)C(=O)CCC1CCCC1. The van der Waals surface area contributed by atoms with Crippen LogP contribution < -0.4 is 5.43 Å². The number of ether oxygens (including phenoxy) is 1. The molecule has 1 fully saturated rings. The van der Waals surface area contributed by atoms with Crippen molar-refractivity contribution in [1.29, 1.82) is 0 Å². The van der Waals surface area contributed by atoms with E-state index in [1.165, 1.54) is 31.9 Å². The van der Waals surface area contributed by atoms with Crippen LogP contribution in [0.4, 0.5) is 0 Å². The van der Waals surface area contributed by atoms with E-state index < -0.39 is 0 Å². The Balaban J connectivity index is 1.54. The maximum atomic E-state index is 13.8. The first kappa shape index (κ1) is 28.6. The highest BCUT2D eigenvalue weighted by atomic mass is 16.5. The molecule has 39 heavy (non-hydrogen) atoms. The van der Waals surface area contributed by atoms with Gasteiger partial charge in [0.2, 0.25) is 11.8 Å². The van der Waals surface area contributed by atoms with E-state index in [1.54, 1.807) is 23.0 Å². The van der Waals surface area contributed by atoms with Crippen LogP contribution in [0.25, 0.3) is 11.0 Å². The van der Waals surface area contributed by atoms with Crippen molar-refractivity contribution in [2.45, 2.75) is 65.0 Å². The van der Waals surface area contributed by atoms with Gasteiger partial charge in [-0.25, -0.2) is 0 Å². The van der Waals surface area contributed by atoms with Crippen LogP contribution in [-0.4, -0.2) is 48.4 Å². The van der Waals surface area contributed by atoms with Gasteiger partial charge in [-0.1, -0.05) is 67.6 Å². The predicted molar refractivity (Wildman–Crippen MR) is 152 cm³/mol. The van der Waals surface area contributed by atoms with Gasteiger partial charge in [0.05, 0.1) is 30.3 Å². The molecule has 0 unspecified atom stereocenters. The van der Waals surface area contributed by atoms with Crippen LogP contribution in [0, 0.1) is 12.8 Å². The number of hydrogen-bond acceptors (Lipinski definition) is 5. The van der Waals surface area contributed by atoms with E-state index in [2.05, 4.69) is 0 Å². The van der Waals surface area contributed by atoms with Gasteiger partial charge in [-0.2, -0.15) is 0 Å². The Bertz CT molecular complexity index is 1300. The second kappa shape index (κ2) is 14.1. The fourth-order valence-corrected chi connectivity index (χ4v) is 5.38. The number of benzene rings is 2. The standard InChI is InChI=1S/C32H40N2O5/c1-24-13-15-29-28(19-24)32(37)27(23-39-29)21-34(20-26-11-4-3-5-12-26)31(36)22-33(17-8-18-38-2)30(35)16-14-25-9-6-7-10-25/h3-5,11-13,15,19,23,25H,6-10,14,16-18,20-22H2,1-2H3. The molecule has 0 saturated heterocycles. The zero-order valence-electron chi connectivity index (χ0n) is 23.2. The summed E-state index contributed by atoms with van der Waals surface area (Å²) in [4.78, 5) is 43.7. The maximum Gasteiger partial charge on any atom is 0.242 e. The Labute approximate surface area is 230 Å². The third kappa shape index (κ3) is 8.02. The Morgan fingerprint density at radius 1 is 1.00 bits per heavy atom. The minimum atomic E-state index is -0.200. The van der Waals surface area contributed by atoms with Crippen LogP contribution >= 0.6 is 0 Å². The molecule has 1 aromatic heterocycles. The summed E-state index contributed by atoms with van der Waals surface area (Å²) in [6.07, 6.45) is 8.30. The molecule has 7 nitrogen and oxygen atoms in total. The van der Waals surface area contributed by atoms with Crippen molar-refractivity contribution in [3.8, 4) is 0 Å². The number of carbonyl (C=O) groups is 2. The van der Waals surface area contributed by atoms with E-state index >= 15 is 0 Å². The Kier molecular flexibility index (Phi) is 10.3. The molecule has 0 radical (unpaired) electrons. The number of amides is 2. The number of nitrogens with zero attached hydrogens (tertiary/aromatic N) is 2. The molecule has 7 heteroatoms. The molecule has 0 spiro atoms. The summed E-state index contributed by atoms with van der Waals surface area (Å²) in [5.41, 5.74) is 2.70. The average molecular weight is 533 g/mol. The molecule has 1 heterocycles. The molecule has 0 N–H and O–H groups in total. The molecule has 0 bridgehead atoms. The molecule has 0 atom stereocenters. The molecule has 1 saturated carbocycles. The van der Waals surface area contributed by atoms with Gasteiger partial charge >= 0.3 is 0 Å². The van der Waals surface area contributed by atoms with Gasteiger partial charge in [0.1, 0.15) is 5.58 Å². The van der Waals surface area contributed by atoms with Gasteiger partial charge in [-0.3, -0.25) is 14.4 Å². The zero-order valence-corrected chi connectivity index (χ0v) is 23.2. The smallest absolute Gasteiger partial charge is 0.242 e. The highest BCUT2D eigenvalue weighted by Crippen LogP contribution is 2.28. The molecule has 2 aromatic carbocycles. The van der Waals surface area contributed by atoms with Crippen LogP contribution in [0.2, 0.25) is 0 Å². The number of hydrogen-bond donors (Lipinski definition) is 0. The van der Waals surface area contributed by atoms with E-state index in [0.29, 0.717) is 55.0 Å². The van der Waals surface area contributed by atoms with Gasteiger partial charge in [0.15, 0.2) is 5.43 Å². The van der Waals surface area contributed by atoms with Crippen molar-refractivity contribution in [3.05, 3.63) is 81.7 Å². The van der Waals surface area contributed by atoms with Crippen molar-refractivity contribution in [2.75, 3.05) is 26.8 Å². The number of aryl methyl sites for hydroxylation is 1. The summed E-state index contributed by atoms with van der Waals surface area (Å²) < 4.78 is 11.0. The van der Waals surface area contributed by atoms with Gasteiger partial charge in [0, 0.05) is 33.2 Å².